The molecule has 1 amide bonds. The van der Waals surface area contributed by atoms with Crippen molar-refractivity contribution in [2.75, 3.05) is 13.1 Å². The van der Waals surface area contributed by atoms with Gasteiger partial charge in [-0.05, 0) is 18.6 Å². The van der Waals surface area contributed by atoms with Crippen LogP contribution in [0.5, 0.6) is 0 Å². The van der Waals surface area contributed by atoms with Crippen LogP contribution >= 0.6 is 23.2 Å². The van der Waals surface area contributed by atoms with Crippen molar-refractivity contribution >= 4 is 29.1 Å². The summed E-state index contributed by atoms with van der Waals surface area (Å²) in [6, 6.07) is 7.09. The fourth-order valence-electron chi connectivity index (χ4n) is 1.71. The van der Waals surface area contributed by atoms with Gasteiger partial charge in [-0.2, -0.15) is 0 Å². The van der Waals surface area contributed by atoms with Crippen LogP contribution in [0, 0.1) is 0 Å². The predicted octanol–water partition coefficient (Wildman–Crippen LogP) is 2.79. The Morgan fingerprint density at radius 1 is 1.40 bits per heavy atom. The van der Waals surface area contributed by atoms with E-state index in [9.17, 15) is 4.79 Å². The highest BCUT2D eigenvalue weighted by Gasteiger charge is 2.26. The van der Waals surface area contributed by atoms with Crippen molar-refractivity contribution in [2.24, 2.45) is 0 Å². The normalized spacial score (nSPS) is 20.7. The summed E-state index contributed by atoms with van der Waals surface area (Å²) >= 11 is 11.9. The first-order chi connectivity index (χ1) is 7.18. The molecule has 0 aromatic heterocycles. The van der Waals surface area contributed by atoms with E-state index in [1.54, 1.807) is 17.0 Å². The molecule has 0 bridgehead atoms. The summed E-state index contributed by atoms with van der Waals surface area (Å²) in [6.07, 6.45) is 0.859. The zero-order valence-electron chi connectivity index (χ0n) is 8.12. The molecule has 4 heteroatoms. The summed E-state index contributed by atoms with van der Waals surface area (Å²) in [6.45, 7) is 1.34. The minimum atomic E-state index is -0.0243. The number of carbonyl (C=O) groups is 1. The molecule has 1 aliphatic rings. The number of nitrogens with zero attached hydrogens (tertiary/aromatic N) is 1. The summed E-state index contributed by atoms with van der Waals surface area (Å²) in [5.74, 6) is -0.0243. The van der Waals surface area contributed by atoms with E-state index in [0.717, 1.165) is 13.0 Å². The molecule has 2 nitrogen and oxygen atoms in total. The number of alkyl halides is 1. The van der Waals surface area contributed by atoms with Crippen LogP contribution in [0.2, 0.25) is 5.02 Å². The molecule has 1 saturated heterocycles. The molecule has 1 aromatic carbocycles. The predicted molar refractivity (Wildman–Crippen MR) is 61.6 cm³/mol. The SMILES string of the molecule is O=C(c1ccccc1Cl)N1CCC(Cl)C1. The van der Waals surface area contributed by atoms with E-state index in [0.29, 0.717) is 17.1 Å². The maximum atomic E-state index is 12.0. The topological polar surface area (TPSA) is 20.3 Å². The van der Waals surface area contributed by atoms with E-state index in [1.807, 2.05) is 12.1 Å². The van der Waals surface area contributed by atoms with Gasteiger partial charge >= 0.3 is 0 Å². The van der Waals surface area contributed by atoms with Gasteiger partial charge in [0.25, 0.3) is 5.91 Å². The molecule has 1 aromatic rings. The fraction of sp³-hybridized carbons (Fsp3) is 0.364. The van der Waals surface area contributed by atoms with Crippen molar-refractivity contribution in [3.63, 3.8) is 0 Å². The lowest BCUT2D eigenvalue weighted by Crippen LogP contribution is -2.28. The van der Waals surface area contributed by atoms with Gasteiger partial charge in [-0.3, -0.25) is 4.79 Å². The Labute approximate surface area is 98.8 Å². The minimum Gasteiger partial charge on any atom is -0.337 e. The van der Waals surface area contributed by atoms with Gasteiger partial charge in [0.2, 0.25) is 0 Å². The molecule has 80 valence electrons. The number of hydrogen-bond donors (Lipinski definition) is 0. The van der Waals surface area contributed by atoms with E-state index < -0.39 is 0 Å². The van der Waals surface area contributed by atoms with Crippen molar-refractivity contribution in [3.8, 4) is 0 Å². The quantitative estimate of drug-likeness (QED) is 0.695. The molecule has 0 N–H and O–H groups in total. The number of rotatable bonds is 1. The molecular formula is C11H11Cl2NO. The Balaban J connectivity index is 2.18. The molecule has 15 heavy (non-hydrogen) atoms. The van der Waals surface area contributed by atoms with Crippen molar-refractivity contribution < 1.29 is 4.79 Å². The molecule has 1 fully saturated rings. The Bertz CT molecular complexity index is 381. The second-order valence-corrected chi connectivity index (χ2v) is 4.64. The minimum absolute atomic E-state index is 0.0243. The highest BCUT2D eigenvalue weighted by Crippen LogP contribution is 2.21. The van der Waals surface area contributed by atoms with Crippen LogP contribution in [0.1, 0.15) is 16.8 Å². The highest BCUT2D eigenvalue weighted by atomic mass is 35.5. The first-order valence-electron chi connectivity index (χ1n) is 4.86. The van der Waals surface area contributed by atoms with Crippen molar-refractivity contribution in [2.45, 2.75) is 11.8 Å². The number of amides is 1. The molecule has 0 saturated carbocycles. The van der Waals surface area contributed by atoms with E-state index in [1.165, 1.54) is 0 Å². The maximum Gasteiger partial charge on any atom is 0.255 e. The van der Waals surface area contributed by atoms with Gasteiger partial charge in [-0.1, -0.05) is 23.7 Å². The molecule has 2 rings (SSSR count). The second-order valence-electron chi connectivity index (χ2n) is 3.62. The number of likely N-dealkylation sites (tertiary alicyclic amines) is 1. The smallest absolute Gasteiger partial charge is 0.255 e. The lowest BCUT2D eigenvalue weighted by atomic mass is 10.2. The Hall–Kier alpha value is -0.730. The second kappa shape index (κ2) is 4.42. The zero-order valence-corrected chi connectivity index (χ0v) is 9.63. The van der Waals surface area contributed by atoms with Gasteiger partial charge in [0.15, 0.2) is 0 Å². The molecule has 1 heterocycles. The fourth-order valence-corrected chi connectivity index (χ4v) is 2.19. The standard InChI is InChI=1S/C11H11Cl2NO/c12-8-5-6-14(7-8)11(15)9-3-1-2-4-10(9)13/h1-4,8H,5-7H2. The summed E-state index contributed by atoms with van der Waals surface area (Å²) in [5.41, 5.74) is 0.560. The van der Waals surface area contributed by atoms with Crippen LogP contribution in [0.25, 0.3) is 0 Å². The summed E-state index contributed by atoms with van der Waals surface area (Å²) in [4.78, 5) is 13.7. The molecule has 0 spiro atoms. The van der Waals surface area contributed by atoms with Crippen molar-refractivity contribution in [3.05, 3.63) is 34.9 Å². The Morgan fingerprint density at radius 2 is 2.13 bits per heavy atom. The number of hydrogen-bond acceptors (Lipinski definition) is 1. The van der Waals surface area contributed by atoms with Crippen LogP contribution in [-0.2, 0) is 0 Å². The van der Waals surface area contributed by atoms with Crippen molar-refractivity contribution in [1.29, 1.82) is 0 Å². The summed E-state index contributed by atoms with van der Waals surface area (Å²) in [5, 5.41) is 0.581. The molecule has 0 aliphatic carbocycles. The van der Waals surface area contributed by atoms with Crippen molar-refractivity contribution in [1.82, 2.24) is 4.90 Å². The number of halogens is 2. The van der Waals surface area contributed by atoms with Gasteiger partial charge in [0, 0.05) is 13.1 Å². The Kier molecular flexibility index (Phi) is 3.17. The average Bonchev–Trinajstić information content (AvgIpc) is 2.65. The first kappa shape index (κ1) is 10.8. The van der Waals surface area contributed by atoms with E-state index in [2.05, 4.69) is 0 Å². The zero-order chi connectivity index (χ0) is 10.8. The molecule has 1 atom stereocenters. The van der Waals surface area contributed by atoms with Gasteiger partial charge in [0.05, 0.1) is 16.0 Å². The van der Waals surface area contributed by atoms with Crippen LogP contribution in [0.3, 0.4) is 0 Å². The summed E-state index contributed by atoms with van der Waals surface area (Å²) in [7, 11) is 0. The van der Waals surface area contributed by atoms with Gasteiger partial charge in [-0.25, -0.2) is 0 Å². The van der Waals surface area contributed by atoms with Gasteiger partial charge in [-0.15, -0.1) is 11.6 Å². The lowest BCUT2D eigenvalue weighted by Gasteiger charge is -2.16. The van der Waals surface area contributed by atoms with Crippen LogP contribution in [0.4, 0.5) is 0 Å². The van der Waals surface area contributed by atoms with Crippen LogP contribution < -0.4 is 0 Å². The molecule has 1 aliphatic heterocycles. The lowest BCUT2D eigenvalue weighted by molar-refractivity contribution is 0.0793. The molecule has 0 radical (unpaired) electrons. The summed E-state index contributed by atoms with van der Waals surface area (Å²) < 4.78 is 0. The monoisotopic (exact) mass is 243 g/mol. The number of carbonyl (C=O) groups excluding carboxylic acids is 1. The van der Waals surface area contributed by atoms with Gasteiger partial charge in [0.1, 0.15) is 0 Å². The average molecular weight is 244 g/mol. The van der Waals surface area contributed by atoms with E-state index in [4.69, 9.17) is 23.2 Å². The third-order valence-corrected chi connectivity index (χ3v) is 3.21. The Morgan fingerprint density at radius 3 is 2.73 bits per heavy atom. The van der Waals surface area contributed by atoms with Crippen LogP contribution in [0.15, 0.2) is 24.3 Å². The molecule has 1 unspecified atom stereocenters. The largest absolute Gasteiger partial charge is 0.337 e. The third kappa shape index (κ3) is 2.27. The first-order valence-corrected chi connectivity index (χ1v) is 5.68. The van der Waals surface area contributed by atoms with Gasteiger partial charge < -0.3 is 4.90 Å². The maximum absolute atomic E-state index is 12.0. The molecular weight excluding hydrogens is 233 g/mol. The number of benzene rings is 1. The van der Waals surface area contributed by atoms with E-state index in [-0.39, 0.29) is 11.3 Å². The van der Waals surface area contributed by atoms with Crippen LogP contribution in [-0.4, -0.2) is 29.3 Å². The third-order valence-electron chi connectivity index (χ3n) is 2.52. The van der Waals surface area contributed by atoms with E-state index >= 15 is 0 Å². The highest BCUT2D eigenvalue weighted by molar-refractivity contribution is 6.33.